The number of nitrogens with one attached hydrogen (secondary N) is 1. The number of likely N-dealkylation sites (tertiary alicyclic amines) is 1. The van der Waals surface area contributed by atoms with Crippen molar-refractivity contribution >= 4 is 21.5 Å². The number of aliphatic hydroxyl groups excluding tert-OH is 1. The molecule has 2 heterocycles. The number of rotatable bonds is 8. The van der Waals surface area contributed by atoms with Crippen molar-refractivity contribution in [2.75, 3.05) is 37.2 Å². The number of anilines is 1. The number of sulfonamides is 1. The van der Waals surface area contributed by atoms with Gasteiger partial charge in [0, 0.05) is 38.2 Å². The minimum atomic E-state index is -3.39. The minimum absolute atomic E-state index is 0.0101. The lowest BCUT2D eigenvalue weighted by molar-refractivity contribution is -0.00920. The number of benzene rings is 1. The van der Waals surface area contributed by atoms with Crippen molar-refractivity contribution < 1.29 is 23.1 Å². The quantitative estimate of drug-likeness (QED) is 0.639. The van der Waals surface area contributed by atoms with Crippen LogP contribution >= 0.6 is 0 Å². The second kappa shape index (κ2) is 8.80. The first-order valence-corrected chi connectivity index (χ1v) is 11.9. The highest BCUT2D eigenvalue weighted by atomic mass is 32.2. The van der Waals surface area contributed by atoms with E-state index in [1.54, 1.807) is 18.2 Å². The fourth-order valence-corrected chi connectivity index (χ4v) is 4.59. The van der Waals surface area contributed by atoms with E-state index in [0.717, 1.165) is 64.4 Å². The van der Waals surface area contributed by atoms with E-state index in [1.165, 1.54) is 0 Å². The number of piperidine rings is 1. The highest BCUT2D eigenvalue weighted by molar-refractivity contribution is 7.92. The summed E-state index contributed by atoms with van der Waals surface area (Å²) < 4.78 is 31.5. The summed E-state index contributed by atoms with van der Waals surface area (Å²) in [4.78, 5) is 15.2. The van der Waals surface area contributed by atoms with Gasteiger partial charge in [0.1, 0.15) is 11.4 Å². The van der Waals surface area contributed by atoms with Crippen LogP contribution in [0.4, 0.5) is 5.69 Å². The molecule has 8 heteroatoms. The second-order valence-corrected chi connectivity index (χ2v) is 9.70. The first kappa shape index (κ1) is 21.1. The number of hydrogen-bond acceptors (Lipinski definition) is 6. The molecular weight excluding hydrogens is 380 g/mol. The Morgan fingerprint density at radius 1 is 1.18 bits per heavy atom. The van der Waals surface area contributed by atoms with Crippen LogP contribution in [0.2, 0.25) is 0 Å². The topological polar surface area (TPSA) is 95.9 Å². The molecule has 0 bridgehead atoms. The summed E-state index contributed by atoms with van der Waals surface area (Å²) in [5.74, 6) is 0.559. The fourth-order valence-electron chi connectivity index (χ4n) is 4.04. The zero-order valence-corrected chi connectivity index (χ0v) is 17.3. The van der Waals surface area contributed by atoms with Gasteiger partial charge in [-0.1, -0.05) is 12.8 Å². The minimum Gasteiger partial charge on any atom is -0.486 e. The predicted molar refractivity (Wildman–Crippen MR) is 108 cm³/mol. The van der Waals surface area contributed by atoms with E-state index in [4.69, 9.17) is 9.84 Å². The summed E-state index contributed by atoms with van der Waals surface area (Å²) >= 11 is 0. The van der Waals surface area contributed by atoms with E-state index in [0.29, 0.717) is 23.4 Å². The maximum Gasteiger partial charge on any atom is 0.229 e. The van der Waals surface area contributed by atoms with Crippen molar-refractivity contribution in [1.29, 1.82) is 0 Å². The molecule has 2 aliphatic heterocycles. The van der Waals surface area contributed by atoms with Gasteiger partial charge in [-0.25, -0.2) is 8.42 Å². The molecule has 0 saturated carbocycles. The molecule has 0 aromatic heterocycles. The Morgan fingerprint density at radius 2 is 1.89 bits per heavy atom. The lowest BCUT2D eigenvalue weighted by atomic mass is 9.82. The molecule has 0 unspecified atom stereocenters. The number of nitrogens with zero attached hydrogens (tertiary/aromatic N) is 1. The Bertz CT molecular complexity index is 801. The van der Waals surface area contributed by atoms with Crippen molar-refractivity contribution in [3.63, 3.8) is 0 Å². The lowest BCUT2D eigenvalue weighted by Gasteiger charge is -2.44. The average Bonchev–Trinajstić information content (AvgIpc) is 2.63. The van der Waals surface area contributed by atoms with Crippen molar-refractivity contribution in [1.82, 2.24) is 4.90 Å². The molecule has 28 heavy (non-hydrogen) atoms. The number of carbonyl (C=O) groups is 1. The first-order valence-electron chi connectivity index (χ1n) is 9.98. The molecule has 1 aromatic rings. The van der Waals surface area contributed by atoms with Gasteiger partial charge in [-0.15, -0.1) is 0 Å². The number of carbonyl (C=O) groups excluding carboxylic acids is 1. The summed E-state index contributed by atoms with van der Waals surface area (Å²) in [7, 11) is -3.39. The Labute approximate surface area is 167 Å². The van der Waals surface area contributed by atoms with Crippen LogP contribution < -0.4 is 9.46 Å². The number of ketones is 1. The van der Waals surface area contributed by atoms with E-state index in [9.17, 15) is 13.2 Å². The van der Waals surface area contributed by atoms with E-state index >= 15 is 0 Å². The van der Waals surface area contributed by atoms with Crippen LogP contribution in [0.25, 0.3) is 0 Å². The molecule has 7 nitrogen and oxygen atoms in total. The molecule has 0 radical (unpaired) electrons. The molecule has 1 spiro atoms. The molecule has 1 aromatic carbocycles. The van der Waals surface area contributed by atoms with E-state index < -0.39 is 15.6 Å². The highest BCUT2D eigenvalue weighted by Crippen LogP contribution is 2.40. The molecular formula is C20H30N2O5S. The van der Waals surface area contributed by atoms with Crippen molar-refractivity contribution in [2.45, 2.75) is 50.5 Å². The molecule has 1 saturated heterocycles. The van der Waals surface area contributed by atoms with Crippen molar-refractivity contribution in [3.05, 3.63) is 23.8 Å². The Balaban J connectivity index is 1.58. The summed E-state index contributed by atoms with van der Waals surface area (Å²) in [6.07, 6.45) is 7.27. The van der Waals surface area contributed by atoms with Crippen LogP contribution in [0.1, 0.15) is 55.3 Å². The summed E-state index contributed by atoms with van der Waals surface area (Å²) in [5.41, 5.74) is 0.388. The first-order chi connectivity index (χ1) is 13.3. The normalized spacial score (nSPS) is 19.3. The molecule has 0 amide bonds. The standard InChI is InChI=1S/C20H30N2O5S/c1-28(25,26)21-16-6-7-19-17(14-16)18(24)15-20(27-19)8-11-22(12-9-20)10-4-2-3-5-13-23/h6-7,14,21,23H,2-5,8-13,15H2,1H3. The number of Topliss-reactive ketones (excluding diaryl/α,β-unsaturated/α-hetero) is 1. The molecule has 2 N–H and O–H groups in total. The SMILES string of the molecule is CS(=O)(=O)Nc1ccc2c(c1)C(=O)CC1(CCN(CCCCCCO)CC1)O2. The van der Waals surface area contributed by atoms with Gasteiger partial charge in [0.05, 0.1) is 18.2 Å². The van der Waals surface area contributed by atoms with Gasteiger partial charge in [-0.3, -0.25) is 9.52 Å². The smallest absolute Gasteiger partial charge is 0.229 e. The van der Waals surface area contributed by atoms with Crippen molar-refractivity contribution in [2.24, 2.45) is 0 Å². The van der Waals surface area contributed by atoms with Gasteiger partial charge >= 0.3 is 0 Å². The second-order valence-electron chi connectivity index (χ2n) is 7.95. The zero-order valence-electron chi connectivity index (χ0n) is 16.4. The molecule has 3 rings (SSSR count). The number of aliphatic hydroxyl groups is 1. The van der Waals surface area contributed by atoms with Crippen LogP contribution in [0.5, 0.6) is 5.75 Å². The van der Waals surface area contributed by atoms with Gasteiger partial charge in [0.2, 0.25) is 10.0 Å². The maximum atomic E-state index is 12.7. The third-order valence-electron chi connectivity index (χ3n) is 5.54. The van der Waals surface area contributed by atoms with Crippen LogP contribution in [0.3, 0.4) is 0 Å². The summed E-state index contributed by atoms with van der Waals surface area (Å²) in [5, 5.41) is 8.83. The Morgan fingerprint density at radius 3 is 2.57 bits per heavy atom. The third kappa shape index (κ3) is 5.46. The maximum absolute atomic E-state index is 12.7. The lowest BCUT2D eigenvalue weighted by Crippen LogP contribution is -2.51. The van der Waals surface area contributed by atoms with E-state index in [-0.39, 0.29) is 12.4 Å². The average molecular weight is 411 g/mol. The van der Waals surface area contributed by atoms with Gasteiger partial charge in [0.15, 0.2) is 5.78 Å². The monoisotopic (exact) mass is 410 g/mol. The molecule has 1 fully saturated rings. The van der Waals surface area contributed by atoms with Gasteiger partial charge in [0.25, 0.3) is 0 Å². The van der Waals surface area contributed by atoms with Gasteiger partial charge in [-0.05, 0) is 37.6 Å². The van der Waals surface area contributed by atoms with E-state index in [2.05, 4.69) is 9.62 Å². The van der Waals surface area contributed by atoms with Gasteiger partial charge < -0.3 is 14.7 Å². The fraction of sp³-hybridized carbons (Fsp3) is 0.650. The van der Waals surface area contributed by atoms with Crippen molar-refractivity contribution in [3.8, 4) is 5.75 Å². The Kier molecular flexibility index (Phi) is 6.62. The molecule has 0 atom stereocenters. The number of fused-ring (bicyclic) bond motifs is 1. The Hall–Kier alpha value is -1.64. The predicted octanol–water partition coefficient (Wildman–Crippen LogP) is 2.41. The highest BCUT2D eigenvalue weighted by Gasteiger charge is 2.42. The van der Waals surface area contributed by atoms with Crippen LogP contribution in [0, 0.1) is 0 Å². The third-order valence-corrected chi connectivity index (χ3v) is 6.15. The van der Waals surface area contributed by atoms with E-state index in [1.807, 2.05) is 0 Å². The zero-order chi connectivity index (χ0) is 20.2. The van der Waals surface area contributed by atoms with Crippen LogP contribution in [-0.2, 0) is 10.0 Å². The molecule has 0 aliphatic carbocycles. The number of hydrogen-bond donors (Lipinski definition) is 2. The largest absolute Gasteiger partial charge is 0.486 e. The number of ether oxygens (including phenoxy) is 1. The summed E-state index contributed by atoms with van der Waals surface area (Å²) in [6, 6.07) is 4.88. The van der Waals surface area contributed by atoms with Crippen LogP contribution in [0.15, 0.2) is 18.2 Å². The molecule has 2 aliphatic rings. The summed E-state index contributed by atoms with van der Waals surface area (Å²) in [6.45, 7) is 3.14. The molecule has 156 valence electrons. The number of unbranched alkanes of at least 4 members (excludes halogenated alkanes) is 3. The van der Waals surface area contributed by atoms with Gasteiger partial charge in [-0.2, -0.15) is 0 Å². The van der Waals surface area contributed by atoms with Crippen LogP contribution in [-0.4, -0.2) is 62.3 Å².